The Balaban J connectivity index is 2.27. The summed E-state index contributed by atoms with van der Waals surface area (Å²) in [4.78, 5) is 2.28. The molecule has 0 spiro atoms. The molecule has 1 saturated heterocycles. The lowest BCUT2D eigenvalue weighted by atomic mass is 9.97. The van der Waals surface area contributed by atoms with Crippen LogP contribution < -0.4 is 0 Å². The number of hydrogen-bond donors (Lipinski definition) is 1. The Morgan fingerprint density at radius 2 is 2.00 bits per heavy atom. The average Bonchev–Trinajstić information content (AvgIpc) is 2.05. The molecule has 3 heteroatoms. The van der Waals surface area contributed by atoms with E-state index in [0.717, 1.165) is 25.9 Å². The highest BCUT2D eigenvalue weighted by Crippen LogP contribution is 2.19. The van der Waals surface area contributed by atoms with Crippen LogP contribution in [0.25, 0.3) is 0 Å². The molecule has 1 fully saturated rings. The summed E-state index contributed by atoms with van der Waals surface area (Å²) in [6.07, 6.45) is 1.54. The van der Waals surface area contributed by atoms with Gasteiger partial charge in [0.1, 0.15) is 0 Å². The Hall–Kier alpha value is -0.120. The summed E-state index contributed by atoms with van der Waals surface area (Å²) < 4.78 is 4.86. The van der Waals surface area contributed by atoms with Gasteiger partial charge in [-0.2, -0.15) is 0 Å². The highest BCUT2D eigenvalue weighted by Gasteiger charge is 2.22. The molecule has 11 heavy (non-hydrogen) atoms. The van der Waals surface area contributed by atoms with Gasteiger partial charge in [0, 0.05) is 13.0 Å². The molecule has 1 N–H and O–H groups in total. The molecule has 1 atom stereocenters. The molecule has 1 unspecified atom stereocenters. The van der Waals surface area contributed by atoms with Crippen LogP contribution in [0.2, 0.25) is 0 Å². The van der Waals surface area contributed by atoms with E-state index in [0.29, 0.717) is 5.92 Å². The second-order valence-corrected chi connectivity index (χ2v) is 3.27. The molecule has 0 aromatic heterocycles. The van der Waals surface area contributed by atoms with Crippen molar-refractivity contribution in [1.29, 1.82) is 0 Å². The molecular formula is C8H17NO2. The van der Waals surface area contributed by atoms with E-state index in [4.69, 9.17) is 4.74 Å². The maximum Gasteiger partial charge on any atom is 0.157 e. The van der Waals surface area contributed by atoms with Crippen molar-refractivity contribution in [2.24, 2.45) is 5.92 Å². The summed E-state index contributed by atoms with van der Waals surface area (Å²) in [7, 11) is 3.67. The van der Waals surface area contributed by atoms with Crippen LogP contribution in [-0.2, 0) is 4.74 Å². The molecule has 0 aromatic carbocycles. The SMILES string of the molecule is COC(O)C1CCN(C)CC1. The van der Waals surface area contributed by atoms with Crippen LogP contribution in [0.15, 0.2) is 0 Å². The lowest BCUT2D eigenvalue weighted by Gasteiger charge is -2.30. The van der Waals surface area contributed by atoms with E-state index < -0.39 is 6.29 Å². The van der Waals surface area contributed by atoms with E-state index in [1.165, 1.54) is 0 Å². The van der Waals surface area contributed by atoms with E-state index >= 15 is 0 Å². The van der Waals surface area contributed by atoms with Crippen molar-refractivity contribution in [3.8, 4) is 0 Å². The van der Waals surface area contributed by atoms with E-state index in [-0.39, 0.29) is 0 Å². The first-order valence-corrected chi connectivity index (χ1v) is 4.13. The van der Waals surface area contributed by atoms with Crippen molar-refractivity contribution in [3.05, 3.63) is 0 Å². The molecule has 0 radical (unpaired) electrons. The number of piperidine rings is 1. The Kier molecular flexibility index (Phi) is 3.30. The topological polar surface area (TPSA) is 32.7 Å². The third-order valence-corrected chi connectivity index (χ3v) is 2.41. The summed E-state index contributed by atoms with van der Waals surface area (Å²) in [5.41, 5.74) is 0. The van der Waals surface area contributed by atoms with Crippen LogP contribution in [0, 0.1) is 5.92 Å². The smallest absolute Gasteiger partial charge is 0.157 e. The van der Waals surface area contributed by atoms with Crippen LogP contribution in [0.4, 0.5) is 0 Å². The van der Waals surface area contributed by atoms with Crippen molar-refractivity contribution in [1.82, 2.24) is 4.90 Å². The Morgan fingerprint density at radius 1 is 1.45 bits per heavy atom. The minimum absolute atomic E-state index is 0.344. The maximum atomic E-state index is 9.33. The van der Waals surface area contributed by atoms with Crippen molar-refractivity contribution < 1.29 is 9.84 Å². The average molecular weight is 159 g/mol. The van der Waals surface area contributed by atoms with Gasteiger partial charge in [-0.15, -0.1) is 0 Å². The third-order valence-electron chi connectivity index (χ3n) is 2.41. The second kappa shape index (κ2) is 4.04. The predicted molar refractivity (Wildman–Crippen MR) is 43.2 cm³/mol. The summed E-state index contributed by atoms with van der Waals surface area (Å²) in [5.74, 6) is 0.344. The van der Waals surface area contributed by atoms with Crippen molar-refractivity contribution >= 4 is 0 Å². The zero-order chi connectivity index (χ0) is 8.27. The first-order valence-electron chi connectivity index (χ1n) is 4.13. The van der Waals surface area contributed by atoms with E-state index in [2.05, 4.69) is 11.9 Å². The zero-order valence-electron chi connectivity index (χ0n) is 7.29. The molecule has 0 aromatic rings. The normalized spacial score (nSPS) is 25.4. The zero-order valence-corrected chi connectivity index (χ0v) is 7.29. The van der Waals surface area contributed by atoms with Gasteiger partial charge in [0.05, 0.1) is 0 Å². The highest BCUT2D eigenvalue weighted by molar-refractivity contribution is 4.71. The fraction of sp³-hybridized carbons (Fsp3) is 1.00. The van der Waals surface area contributed by atoms with Crippen molar-refractivity contribution in [3.63, 3.8) is 0 Å². The molecule has 0 amide bonds. The van der Waals surface area contributed by atoms with Crippen LogP contribution in [0.3, 0.4) is 0 Å². The van der Waals surface area contributed by atoms with Gasteiger partial charge < -0.3 is 14.7 Å². The molecule has 1 aliphatic heterocycles. The number of ether oxygens (including phenoxy) is 1. The highest BCUT2D eigenvalue weighted by atomic mass is 16.6. The maximum absolute atomic E-state index is 9.33. The summed E-state index contributed by atoms with van der Waals surface area (Å²) in [6, 6.07) is 0. The summed E-state index contributed by atoms with van der Waals surface area (Å²) >= 11 is 0. The molecule has 0 bridgehead atoms. The van der Waals surface area contributed by atoms with Crippen LogP contribution >= 0.6 is 0 Å². The number of hydrogen-bond acceptors (Lipinski definition) is 3. The molecular weight excluding hydrogens is 142 g/mol. The van der Waals surface area contributed by atoms with Crippen molar-refractivity contribution in [2.75, 3.05) is 27.2 Å². The fourth-order valence-electron chi connectivity index (χ4n) is 1.51. The first kappa shape index (κ1) is 8.97. The minimum atomic E-state index is -0.552. The standard InChI is InChI=1S/C8H17NO2/c1-9-5-3-7(4-6-9)8(10)11-2/h7-8,10H,3-6H2,1-2H3. The lowest BCUT2D eigenvalue weighted by molar-refractivity contribution is -0.123. The number of likely N-dealkylation sites (tertiary alicyclic amines) is 1. The second-order valence-electron chi connectivity index (χ2n) is 3.27. The Morgan fingerprint density at radius 3 is 2.45 bits per heavy atom. The quantitative estimate of drug-likeness (QED) is 0.588. The molecule has 66 valence electrons. The van der Waals surface area contributed by atoms with E-state index in [1.54, 1.807) is 7.11 Å². The molecule has 1 aliphatic rings. The minimum Gasteiger partial charge on any atom is -0.368 e. The van der Waals surface area contributed by atoms with Gasteiger partial charge in [0.15, 0.2) is 6.29 Å². The van der Waals surface area contributed by atoms with Crippen LogP contribution in [-0.4, -0.2) is 43.5 Å². The largest absolute Gasteiger partial charge is 0.368 e. The molecule has 1 heterocycles. The molecule has 0 saturated carbocycles. The van der Waals surface area contributed by atoms with E-state index in [9.17, 15) is 5.11 Å². The van der Waals surface area contributed by atoms with E-state index in [1.807, 2.05) is 0 Å². The van der Waals surface area contributed by atoms with Crippen LogP contribution in [0.5, 0.6) is 0 Å². The Bertz CT molecular complexity index is 111. The number of aliphatic hydroxyl groups excluding tert-OH is 1. The van der Waals surface area contributed by atoms with Crippen molar-refractivity contribution in [2.45, 2.75) is 19.1 Å². The number of rotatable bonds is 2. The van der Waals surface area contributed by atoms with Crippen LogP contribution in [0.1, 0.15) is 12.8 Å². The van der Waals surface area contributed by atoms with Gasteiger partial charge in [-0.3, -0.25) is 0 Å². The molecule has 3 nitrogen and oxygen atoms in total. The van der Waals surface area contributed by atoms with Gasteiger partial charge >= 0.3 is 0 Å². The number of nitrogens with zero attached hydrogens (tertiary/aromatic N) is 1. The fourth-order valence-corrected chi connectivity index (χ4v) is 1.51. The van der Waals surface area contributed by atoms with Gasteiger partial charge in [0.25, 0.3) is 0 Å². The molecule has 1 rings (SSSR count). The Labute approximate surface area is 68.0 Å². The van der Waals surface area contributed by atoms with Gasteiger partial charge in [-0.05, 0) is 33.0 Å². The lowest BCUT2D eigenvalue weighted by Crippen LogP contribution is -2.36. The summed E-state index contributed by atoms with van der Waals surface area (Å²) in [5, 5.41) is 9.33. The summed E-state index contributed by atoms with van der Waals surface area (Å²) in [6.45, 7) is 2.15. The predicted octanol–water partition coefficient (Wildman–Crippen LogP) is 0.293. The van der Waals surface area contributed by atoms with Gasteiger partial charge in [0.2, 0.25) is 0 Å². The third kappa shape index (κ3) is 2.43. The number of aliphatic hydroxyl groups is 1. The van der Waals surface area contributed by atoms with Gasteiger partial charge in [-0.25, -0.2) is 0 Å². The number of methoxy groups -OCH3 is 1. The molecule has 0 aliphatic carbocycles. The first-order chi connectivity index (χ1) is 5.24. The monoisotopic (exact) mass is 159 g/mol. The van der Waals surface area contributed by atoms with Gasteiger partial charge in [-0.1, -0.05) is 0 Å².